The molecule has 0 bridgehead atoms. The molecule has 0 spiro atoms. The molecule has 1 heterocycles. The van der Waals surface area contributed by atoms with Crippen molar-refractivity contribution in [2.75, 3.05) is 6.54 Å². The van der Waals surface area contributed by atoms with Crippen LogP contribution < -0.4 is 0 Å². The summed E-state index contributed by atoms with van der Waals surface area (Å²) in [7, 11) is 0. The molecule has 0 unspecified atom stereocenters. The Hall–Kier alpha value is -1.81. The molecular formula is C16H18ClNO3. The normalized spacial score (nSPS) is 18.5. The monoisotopic (exact) mass is 307 g/mol. The van der Waals surface area contributed by atoms with E-state index in [2.05, 4.69) is 0 Å². The molecule has 2 rings (SSSR count). The van der Waals surface area contributed by atoms with Gasteiger partial charge in [-0.1, -0.05) is 43.1 Å². The molecule has 1 aliphatic heterocycles. The molecular weight excluding hydrogens is 290 g/mol. The van der Waals surface area contributed by atoms with Gasteiger partial charge in [0.1, 0.15) is 0 Å². The van der Waals surface area contributed by atoms with Gasteiger partial charge < -0.3 is 10.0 Å². The van der Waals surface area contributed by atoms with E-state index in [0.29, 0.717) is 17.1 Å². The molecule has 1 aromatic carbocycles. The molecule has 21 heavy (non-hydrogen) atoms. The fraction of sp³-hybridized carbons (Fsp3) is 0.375. The number of carbonyl (C=O) groups excluding carboxylic acids is 2. The van der Waals surface area contributed by atoms with Gasteiger partial charge in [-0.2, -0.15) is 0 Å². The summed E-state index contributed by atoms with van der Waals surface area (Å²) in [5.74, 6) is -1.27. The number of benzene rings is 1. The van der Waals surface area contributed by atoms with E-state index in [1.807, 2.05) is 6.92 Å². The Bertz CT molecular complexity index is 609. The number of Topliss-reactive ketones (excluding diaryl/α,β-unsaturated/α-hetero) is 1. The van der Waals surface area contributed by atoms with Crippen molar-refractivity contribution < 1.29 is 14.7 Å². The van der Waals surface area contributed by atoms with Crippen molar-refractivity contribution in [3.05, 3.63) is 46.2 Å². The highest BCUT2D eigenvalue weighted by molar-refractivity contribution is 6.31. The summed E-state index contributed by atoms with van der Waals surface area (Å²) in [4.78, 5) is 25.6. The van der Waals surface area contributed by atoms with Gasteiger partial charge >= 0.3 is 0 Å². The molecule has 0 aromatic heterocycles. The fourth-order valence-electron chi connectivity index (χ4n) is 2.59. The Morgan fingerprint density at radius 3 is 2.62 bits per heavy atom. The van der Waals surface area contributed by atoms with Crippen LogP contribution in [0.25, 0.3) is 0 Å². The molecule has 5 heteroatoms. The SMILES string of the molecule is CCCCN1C(=O)C(O)=C(C(C)=O)[C@H]1c1ccccc1Cl. The number of halogens is 1. The van der Waals surface area contributed by atoms with E-state index >= 15 is 0 Å². The number of aliphatic hydroxyl groups excluding tert-OH is 1. The highest BCUT2D eigenvalue weighted by atomic mass is 35.5. The van der Waals surface area contributed by atoms with Crippen molar-refractivity contribution in [2.45, 2.75) is 32.7 Å². The number of ketones is 1. The molecule has 1 aliphatic rings. The van der Waals surface area contributed by atoms with Gasteiger partial charge in [-0.15, -0.1) is 0 Å². The van der Waals surface area contributed by atoms with Crippen molar-refractivity contribution in [1.82, 2.24) is 4.90 Å². The van der Waals surface area contributed by atoms with Gasteiger partial charge in [-0.05, 0) is 25.0 Å². The molecule has 0 fully saturated rings. The first kappa shape index (κ1) is 15.6. The highest BCUT2D eigenvalue weighted by Crippen LogP contribution is 2.40. The predicted octanol–water partition coefficient (Wildman–Crippen LogP) is 3.42. The smallest absolute Gasteiger partial charge is 0.290 e. The maximum atomic E-state index is 12.2. The third-order valence-corrected chi connectivity index (χ3v) is 3.98. The van der Waals surface area contributed by atoms with E-state index in [-0.39, 0.29) is 11.4 Å². The minimum absolute atomic E-state index is 0.129. The third-order valence-electron chi connectivity index (χ3n) is 3.64. The Morgan fingerprint density at radius 1 is 1.38 bits per heavy atom. The van der Waals surface area contributed by atoms with E-state index < -0.39 is 17.7 Å². The standard InChI is InChI=1S/C16H18ClNO3/c1-3-4-9-18-14(11-7-5-6-8-12(11)17)13(10(2)19)15(20)16(18)21/h5-8,14,20H,3-4,9H2,1-2H3/t14-/m1/s1. The summed E-state index contributed by atoms with van der Waals surface area (Å²) in [6.07, 6.45) is 1.71. The number of hydrogen-bond donors (Lipinski definition) is 1. The highest BCUT2D eigenvalue weighted by Gasteiger charge is 2.42. The molecule has 1 atom stereocenters. The molecule has 0 radical (unpaired) electrons. The van der Waals surface area contributed by atoms with Gasteiger partial charge in [-0.25, -0.2) is 0 Å². The lowest BCUT2D eigenvalue weighted by Crippen LogP contribution is -2.32. The number of aliphatic hydroxyl groups is 1. The predicted molar refractivity (Wildman–Crippen MR) is 81.1 cm³/mol. The van der Waals surface area contributed by atoms with Crippen LogP contribution in [0.15, 0.2) is 35.6 Å². The maximum absolute atomic E-state index is 12.2. The second-order valence-corrected chi connectivity index (χ2v) is 5.50. The van der Waals surface area contributed by atoms with Crippen molar-refractivity contribution in [3.8, 4) is 0 Å². The lowest BCUT2D eigenvalue weighted by atomic mass is 9.96. The van der Waals surface area contributed by atoms with Crippen LogP contribution in [-0.2, 0) is 9.59 Å². The van der Waals surface area contributed by atoms with Crippen LogP contribution in [0.1, 0.15) is 38.3 Å². The summed E-state index contributed by atoms with van der Waals surface area (Å²) >= 11 is 6.22. The van der Waals surface area contributed by atoms with E-state index in [1.54, 1.807) is 24.3 Å². The topological polar surface area (TPSA) is 57.6 Å². The van der Waals surface area contributed by atoms with Crippen LogP contribution >= 0.6 is 11.6 Å². The van der Waals surface area contributed by atoms with Crippen LogP contribution in [0.2, 0.25) is 5.02 Å². The van der Waals surface area contributed by atoms with Gasteiger partial charge in [0.05, 0.1) is 11.6 Å². The second-order valence-electron chi connectivity index (χ2n) is 5.09. The van der Waals surface area contributed by atoms with Gasteiger partial charge in [0.2, 0.25) is 0 Å². The van der Waals surface area contributed by atoms with Gasteiger partial charge in [0.15, 0.2) is 11.5 Å². The zero-order chi connectivity index (χ0) is 15.6. The first-order chi connectivity index (χ1) is 9.99. The lowest BCUT2D eigenvalue weighted by molar-refractivity contribution is -0.129. The van der Waals surface area contributed by atoms with E-state index in [1.165, 1.54) is 11.8 Å². The Labute approximate surface area is 129 Å². The Morgan fingerprint density at radius 2 is 2.05 bits per heavy atom. The van der Waals surface area contributed by atoms with Crippen molar-refractivity contribution in [1.29, 1.82) is 0 Å². The van der Waals surface area contributed by atoms with Crippen molar-refractivity contribution in [2.24, 2.45) is 0 Å². The Kier molecular flexibility index (Phi) is 4.68. The maximum Gasteiger partial charge on any atom is 0.290 e. The van der Waals surface area contributed by atoms with E-state index in [9.17, 15) is 14.7 Å². The van der Waals surface area contributed by atoms with Crippen LogP contribution in [-0.4, -0.2) is 28.2 Å². The first-order valence-electron chi connectivity index (χ1n) is 6.98. The number of unbranched alkanes of at least 4 members (excludes halogenated alkanes) is 1. The van der Waals surface area contributed by atoms with Crippen molar-refractivity contribution >= 4 is 23.3 Å². The summed E-state index contributed by atoms with van der Waals surface area (Å²) < 4.78 is 0. The summed E-state index contributed by atoms with van der Waals surface area (Å²) in [6.45, 7) is 3.85. The van der Waals surface area contributed by atoms with Gasteiger partial charge in [-0.3, -0.25) is 9.59 Å². The largest absolute Gasteiger partial charge is 0.503 e. The van der Waals surface area contributed by atoms with Crippen LogP contribution in [0.4, 0.5) is 0 Å². The molecule has 4 nitrogen and oxygen atoms in total. The quantitative estimate of drug-likeness (QED) is 0.906. The molecule has 112 valence electrons. The summed E-state index contributed by atoms with van der Waals surface area (Å²) in [6, 6.07) is 6.48. The van der Waals surface area contributed by atoms with E-state index in [0.717, 1.165) is 12.8 Å². The van der Waals surface area contributed by atoms with Gasteiger partial charge in [0, 0.05) is 11.6 Å². The molecule has 0 aliphatic carbocycles. The summed E-state index contributed by atoms with van der Waals surface area (Å²) in [5, 5.41) is 10.5. The minimum Gasteiger partial charge on any atom is -0.503 e. The minimum atomic E-state index is -0.602. The van der Waals surface area contributed by atoms with Crippen LogP contribution in [0, 0.1) is 0 Å². The number of amides is 1. The molecule has 0 saturated heterocycles. The average molecular weight is 308 g/mol. The second kappa shape index (κ2) is 6.31. The first-order valence-corrected chi connectivity index (χ1v) is 7.36. The zero-order valence-electron chi connectivity index (χ0n) is 12.1. The Balaban J connectivity index is 2.52. The summed E-state index contributed by atoms with van der Waals surface area (Å²) in [5.41, 5.74) is 0.794. The molecule has 1 aromatic rings. The average Bonchev–Trinajstić information content (AvgIpc) is 2.69. The number of rotatable bonds is 5. The number of hydrogen-bond acceptors (Lipinski definition) is 3. The lowest BCUT2D eigenvalue weighted by Gasteiger charge is -2.27. The van der Waals surface area contributed by atoms with E-state index in [4.69, 9.17) is 11.6 Å². The van der Waals surface area contributed by atoms with Crippen LogP contribution in [0.3, 0.4) is 0 Å². The van der Waals surface area contributed by atoms with Crippen LogP contribution in [0.5, 0.6) is 0 Å². The van der Waals surface area contributed by atoms with Crippen molar-refractivity contribution in [3.63, 3.8) is 0 Å². The number of nitrogens with zero attached hydrogens (tertiary/aromatic N) is 1. The third kappa shape index (κ3) is 2.81. The fourth-order valence-corrected chi connectivity index (χ4v) is 2.83. The zero-order valence-corrected chi connectivity index (χ0v) is 12.9. The van der Waals surface area contributed by atoms with Gasteiger partial charge in [0.25, 0.3) is 5.91 Å². The molecule has 1 amide bonds. The number of carbonyl (C=O) groups is 2. The molecule has 1 N–H and O–H groups in total. The molecule has 0 saturated carbocycles.